The van der Waals surface area contributed by atoms with Crippen molar-refractivity contribution in [1.29, 1.82) is 0 Å². The van der Waals surface area contributed by atoms with Crippen LogP contribution in [0.15, 0.2) is 22.7 Å². The first-order valence-corrected chi connectivity index (χ1v) is 7.99. The fourth-order valence-corrected chi connectivity index (χ4v) is 3.68. The quantitative estimate of drug-likeness (QED) is 0.446. The monoisotopic (exact) mass is 408 g/mol. The van der Waals surface area contributed by atoms with Crippen molar-refractivity contribution in [3.8, 4) is 0 Å². The Bertz CT molecular complexity index is 378. The fourth-order valence-electron chi connectivity index (χ4n) is 2.65. The van der Waals surface area contributed by atoms with Gasteiger partial charge in [0.25, 0.3) is 0 Å². The number of rotatable bonds is 4. The largest absolute Gasteiger partial charge is 0.271 e. The van der Waals surface area contributed by atoms with Crippen molar-refractivity contribution < 1.29 is 0 Å². The fraction of sp³-hybridized carbons (Fsp3) is 0.538. The molecular weight excluding hydrogens is 391 g/mol. The van der Waals surface area contributed by atoms with Gasteiger partial charge in [-0.05, 0) is 58.7 Å². The summed E-state index contributed by atoms with van der Waals surface area (Å²) in [5.41, 5.74) is 4.26. The van der Waals surface area contributed by atoms with Gasteiger partial charge in [0.15, 0.2) is 0 Å². The Morgan fingerprint density at radius 2 is 2.12 bits per heavy atom. The topological polar surface area (TPSA) is 38.0 Å². The highest BCUT2D eigenvalue weighted by Gasteiger charge is 2.21. The molecule has 1 aliphatic carbocycles. The first kappa shape index (κ1) is 13.8. The summed E-state index contributed by atoms with van der Waals surface area (Å²) in [7, 11) is 0. The van der Waals surface area contributed by atoms with Gasteiger partial charge in [0.1, 0.15) is 0 Å². The second-order valence-corrected chi connectivity index (χ2v) is 6.87. The molecule has 3 N–H and O–H groups in total. The molecular formula is C13H18BrIN2. The average molecular weight is 409 g/mol. The van der Waals surface area contributed by atoms with Crippen LogP contribution in [0.25, 0.3) is 0 Å². The van der Waals surface area contributed by atoms with Gasteiger partial charge in [-0.2, -0.15) is 0 Å². The Kier molecular flexibility index (Phi) is 5.26. The molecule has 2 rings (SSSR count). The molecule has 1 aliphatic rings. The minimum Gasteiger partial charge on any atom is -0.271 e. The maximum atomic E-state index is 5.73. The molecule has 0 aliphatic heterocycles. The van der Waals surface area contributed by atoms with E-state index < -0.39 is 0 Å². The summed E-state index contributed by atoms with van der Waals surface area (Å²) < 4.78 is 2.41. The van der Waals surface area contributed by atoms with Gasteiger partial charge in [0, 0.05) is 14.1 Å². The summed E-state index contributed by atoms with van der Waals surface area (Å²) in [4.78, 5) is 0. The van der Waals surface area contributed by atoms with Crippen LogP contribution < -0.4 is 11.3 Å². The first-order valence-electron chi connectivity index (χ1n) is 6.12. The number of hydrogen-bond donors (Lipinski definition) is 2. The minimum atomic E-state index is 0.266. The Morgan fingerprint density at radius 1 is 1.41 bits per heavy atom. The van der Waals surface area contributed by atoms with Crippen LogP contribution in [0.3, 0.4) is 0 Å². The Hall–Kier alpha value is 0.350. The van der Waals surface area contributed by atoms with Crippen molar-refractivity contribution in [2.45, 2.75) is 38.1 Å². The second-order valence-electron chi connectivity index (χ2n) is 4.77. The summed E-state index contributed by atoms with van der Waals surface area (Å²) >= 11 is 5.97. The molecule has 1 aromatic rings. The summed E-state index contributed by atoms with van der Waals surface area (Å²) in [6, 6.07) is 6.69. The van der Waals surface area contributed by atoms with E-state index in [9.17, 15) is 0 Å². The van der Waals surface area contributed by atoms with Crippen LogP contribution >= 0.6 is 38.5 Å². The van der Waals surface area contributed by atoms with Crippen LogP contribution in [0.4, 0.5) is 0 Å². The van der Waals surface area contributed by atoms with Crippen molar-refractivity contribution in [3.05, 3.63) is 31.8 Å². The molecule has 0 radical (unpaired) electrons. The molecule has 0 spiro atoms. The van der Waals surface area contributed by atoms with E-state index in [1.807, 2.05) is 0 Å². The molecule has 1 unspecified atom stereocenters. The van der Waals surface area contributed by atoms with Gasteiger partial charge in [-0.3, -0.25) is 11.3 Å². The van der Waals surface area contributed by atoms with E-state index in [1.165, 1.54) is 34.8 Å². The Balaban J connectivity index is 2.13. The van der Waals surface area contributed by atoms with E-state index in [-0.39, 0.29) is 6.04 Å². The zero-order valence-corrected chi connectivity index (χ0v) is 13.5. The lowest BCUT2D eigenvalue weighted by Crippen LogP contribution is -2.29. The standard InChI is InChI=1S/C13H18BrIN2/c14-12-6-5-10(15)8-11(12)13(17-16)7-9-3-1-2-4-9/h5-6,8-9,13,17H,1-4,7,16H2. The van der Waals surface area contributed by atoms with Crippen molar-refractivity contribution in [2.75, 3.05) is 0 Å². The van der Waals surface area contributed by atoms with E-state index in [1.54, 1.807) is 0 Å². The predicted octanol–water partition coefficient (Wildman–Crippen LogP) is 4.14. The van der Waals surface area contributed by atoms with E-state index in [0.29, 0.717) is 0 Å². The van der Waals surface area contributed by atoms with E-state index in [4.69, 9.17) is 5.84 Å². The molecule has 0 heterocycles. The summed E-state index contributed by atoms with van der Waals surface area (Å²) in [5.74, 6) is 6.56. The van der Waals surface area contributed by atoms with Crippen molar-refractivity contribution in [3.63, 3.8) is 0 Å². The zero-order chi connectivity index (χ0) is 12.3. The molecule has 0 aromatic heterocycles. The van der Waals surface area contributed by atoms with E-state index >= 15 is 0 Å². The minimum absolute atomic E-state index is 0.266. The number of benzene rings is 1. The molecule has 1 atom stereocenters. The van der Waals surface area contributed by atoms with E-state index in [0.717, 1.165) is 16.8 Å². The average Bonchev–Trinajstić information content (AvgIpc) is 2.82. The van der Waals surface area contributed by atoms with Gasteiger partial charge >= 0.3 is 0 Å². The number of hydrazine groups is 1. The molecule has 4 heteroatoms. The molecule has 0 amide bonds. The third-order valence-electron chi connectivity index (χ3n) is 3.58. The smallest absolute Gasteiger partial charge is 0.0474 e. The maximum Gasteiger partial charge on any atom is 0.0474 e. The van der Waals surface area contributed by atoms with E-state index in [2.05, 4.69) is 62.1 Å². The summed E-state index contributed by atoms with van der Waals surface area (Å²) in [6.45, 7) is 0. The molecule has 1 saturated carbocycles. The van der Waals surface area contributed by atoms with Crippen LogP contribution in [0, 0.1) is 9.49 Å². The molecule has 1 fully saturated rings. The second kappa shape index (κ2) is 6.50. The molecule has 0 bridgehead atoms. The SMILES string of the molecule is NNC(CC1CCCC1)c1cc(I)ccc1Br. The molecule has 1 aromatic carbocycles. The maximum absolute atomic E-state index is 5.73. The molecule has 94 valence electrons. The lowest BCUT2D eigenvalue weighted by molar-refractivity contribution is 0.399. The third kappa shape index (κ3) is 3.66. The number of nitrogens with two attached hydrogens (primary N) is 1. The third-order valence-corrected chi connectivity index (χ3v) is 4.97. The molecule has 2 nitrogen and oxygen atoms in total. The Labute approximate surface area is 125 Å². The lowest BCUT2D eigenvalue weighted by atomic mass is 9.94. The first-order chi connectivity index (χ1) is 8.20. The van der Waals surface area contributed by atoms with Crippen LogP contribution in [0.2, 0.25) is 0 Å². The highest BCUT2D eigenvalue weighted by atomic mass is 127. The number of hydrogen-bond acceptors (Lipinski definition) is 2. The van der Waals surface area contributed by atoms with Crippen molar-refractivity contribution >= 4 is 38.5 Å². The number of halogens is 2. The molecule has 0 saturated heterocycles. The van der Waals surface area contributed by atoms with Gasteiger partial charge < -0.3 is 0 Å². The predicted molar refractivity (Wildman–Crippen MR) is 83.5 cm³/mol. The zero-order valence-electron chi connectivity index (χ0n) is 9.76. The highest BCUT2D eigenvalue weighted by molar-refractivity contribution is 14.1. The highest BCUT2D eigenvalue weighted by Crippen LogP contribution is 2.35. The molecule has 17 heavy (non-hydrogen) atoms. The van der Waals surface area contributed by atoms with Gasteiger partial charge in [-0.25, -0.2) is 0 Å². The van der Waals surface area contributed by atoms with Gasteiger partial charge in [-0.1, -0.05) is 41.6 Å². The Morgan fingerprint density at radius 3 is 2.76 bits per heavy atom. The van der Waals surface area contributed by atoms with Crippen LogP contribution in [-0.4, -0.2) is 0 Å². The van der Waals surface area contributed by atoms with Crippen LogP contribution in [-0.2, 0) is 0 Å². The summed E-state index contributed by atoms with van der Waals surface area (Å²) in [5, 5.41) is 0. The lowest BCUT2D eigenvalue weighted by Gasteiger charge is -2.21. The number of nitrogens with one attached hydrogen (secondary N) is 1. The van der Waals surface area contributed by atoms with Crippen LogP contribution in [0.1, 0.15) is 43.7 Å². The van der Waals surface area contributed by atoms with Crippen molar-refractivity contribution in [2.24, 2.45) is 11.8 Å². The van der Waals surface area contributed by atoms with Crippen molar-refractivity contribution in [1.82, 2.24) is 5.43 Å². The van der Waals surface area contributed by atoms with Gasteiger partial charge in [-0.15, -0.1) is 0 Å². The van der Waals surface area contributed by atoms with Gasteiger partial charge in [0.05, 0.1) is 0 Å². The van der Waals surface area contributed by atoms with Crippen LogP contribution in [0.5, 0.6) is 0 Å². The normalized spacial score (nSPS) is 18.5. The summed E-state index contributed by atoms with van der Waals surface area (Å²) in [6.07, 6.45) is 6.64. The van der Waals surface area contributed by atoms with Gasteiger partial charge in [0.2, 0.25) is 0 Å².